The highest BCUT2D eigenvalue weighted by Crippen LogP contribution is 2.34. The number of amides is 1. The van der Waals surface area contributed by atoms with Crippen LogP contribution in [0.2, 0.25) is 0 Å². The summed E-state index contributed by atoms with van der Waals surface area (Å²) in [6.45, 7) is 4.55. The second-order valence-corrected chi connectivity index (χ2v) is 11.5. The van der Waals surface area contributed by atoms with E-state index in [4.69, 9.17) is 4.28 Å². The van der Waals surface area contributed by atoms with Crippen LogP contribution in [0.15, 0.2) is 17.0 Å². The summed E-state index contributed by atoms with van der Waals surface area (Å²) < 4.78 is 53.2. The van der Waals surface area contributed by atoms with Crippen molar-refractivity contribution in [2.45, 2.75) is 11.8 Å². The summed E-state index contributed by atoms with van der Waals surface area (Å²) >= 11 is 3.14. The van der Waals surface area contributed by atoms with Crippen LogP contribution >= 0.6 is 15.9 Å². The minimum absolute atomic E-state index is 0.115. The van der Waals surface area contributed by atoms with Gasteiger partial charge in [0, 0.05) is 43.8 Å². The van der Waals surface area contributed by atoms with E-state index in [2.05, 4.69) is 20.8 Å². The average Bonchev–Trinajstić information content (AvgIpc) is 2.70. The number of hydrogen-bond donors (Lipinski definition) is 0. The second-order valence-electron chi connectivity index (χ2n) is 7.16. The zero-order valence-corrected chi connectivity index (χ0v) is 21.1. The van der Waals surface area contributed by atoms with Crippen LogP contribution in [0.3, 0.4) is 0 Å². The number of nitro benzene ring substituents is 1. The van der Waals surface area contributed by atoms with E-state index >= 15 is 0 Å². The van der Waals surface area contributed by atoms with Gasteiger partial charge < -0.3 is 9.80 Å². The number of sulfone groups is 1. The topological polar surface area (TPSA) is 147 Å². The SMILES string of the molecule is CCN1CCN(C(=O)c2cc(N(CCBr)OS(C)(=O)=O)c(S(C)(=O)=O)cc2[N+](=O)[O-])CC1. The molecule has 1 aromatic carbocycles. The first-order valence-electron chi connectivity index (χ1n) is 9.55. The predicted molar refractivity (Wildman–Crippen MR) is 121 cm³/mol. The molecule has 0 radical (unpaired) electrons. The molecule has 2 rings (SSSR count). The molecular formula is C17H25BrN4O8S2. The lowest BCUT2D eigenvalue weighted by Gasteiger charge is -2.34. The van der Waals surface area contributed by atoms with E-state index in [9.17, 15) is 31.7 Å². The molecule has 32 heavy (non-hydrogen) atoms. The van der Waals surface area contributed by atoms with Crippen LogP contribution in [0, 0.1) is 10.1 Å². The number of alkyl halides is 1. The Labute approximate surface area is 195 Å². The van der Waals surface area contributed by atoms with Crippen molar-refractivity contribution in [3.05, 3.63) is 27.8 Å². The molecule has 0 atom stereocenters. The van der Waals surface area contributed by atoms with Crippen molar-refractivity contribution in [3.63, 3.8) is 0 Å². The van der Waals surface area contributed by atoms with Gasteiger partial charge in [-0.1, -0.05) is 22.9 Å². The largest absolute Gasteiger partial charge is 0.336 e. The van der Waals surface area contributed by atoms with Gasteiger partial charge in [-0.25, -0.2) is 13.5 Å². The smallest absolute Gasteiger partial charge is 0.285 e. The number of anilines is 1. The number of hydrogen-bond acceptors (Lipinski definition) is 10. The number of rotatable bonds is 9. The predicted octanol–water partition coefficient (Wildman–Crippen LogP) is 0.869. The van der Waals surface area contributed by atoms with Crippen molar-refractivity contribution in [1.82, 2.24) is 9.80 Å². The Bertz CT molecular complexity index is 1090. The van der Waals surface area contributed by atoms with E-state index in [0.717, 1.165) is 36.3 Å². The molecule has 1 saturated heterocycles. The Morgan fingerprint density at radius 2 is 1.78 bits per heavy atom. The van der Waals surface area contributed by atoms with E-state index in [1.165, 1.54) is 4.90 Å². The highest BCUT2D eigenvalue weighted by atomic mass is 79.9. The molecule has 0 aromatic heterocycles. The third-order valence-electron chi connectivity index (χ3n) is 4.79. The van der Waals surface area contributed by atoms with Gasteiger partial charge in [-0.2, -0.15) is 8.42 Å². The molecule has 1 heterocycles. The van der Waals surface area contributed by atoms with E-state index in [0.29, 0.717) is 26.2 Å². The molecule has 0 unspecified atom stereocenters. The molecule has 0 saturated carbocycles. The Morgan fingerprint density at radius 3 is 2.22 bits per heavy atom. The Hall–Kier alpha value is -1.81. The van der Waals surface area contributed by atoms with Crippen molar-refractivity contribution in [2.24, 2.45) is 0 Å². The first kappa shape index (κ1) is 26.4. The molecule has 12 nitrogen and oxygen atoms in total. The van der Waals surface area contributed by atoms with Crippen molar-refractivity contribution in [1.29, 1.82) is 0 Å². The molecule has 180 valence electrons. The zero-order valence-electron chi connectivity index (χ0n) is 17.9. The number of piperazine rings is 1. The van der Waals surface area contributed by atoms with Crippen LogP contribution in [-0.2, 0) is 24.2 Å². The molecule has 0 N–H and O–H groups in total. The number of carbonyl (C=O) groups is 1. The Kier molecular flexibility index (Phi) is 8.61. The van der Waals surface area contributed by atoms with Crippen LogP contribution < -0.4 is 5.06 Å². The van der Waals surface area contributed by atoms with E-state index in [1.807, 2.05) is 6.92 Å². The lowest BCUT2D eigenvalue weighted by molar-refractivity contribution is -0.385. The number of hydroxylamine groups is 1. The fraction of sp³-hybridized carbons (Fsp3) is 0.588. The summed E-state index contributed by atoms with van der Waals surface area (Å²) in [7, 11) is -8.12. The molecule has 0 aliphatic carbocycles. The molecule has 0 spiro atoms. The third-order valence-corrected chi connectivity index (χ3v) is 6.72. The summed E-state index contributed by atoms with van der Waals surface area (Å²) in [6, 6.07) is 1.78. The van der Waals surface area contributed by atoms with Crippen molar-refractivity contribution >= 4 is 53.2 Å². The zero-order chi connectivity index (χ0) is 24.3. The van der Waals surface area contributed by atoms with Crippen LogP contribution in [0.1, 0.15) is 17.3 Å². The van der Waals surface area contributed by atoms with Crippen LogP contribution in [0.25, 0.3) is 0 Å². The van der Waals surface area contributed by atoms with E-state index in [1.54, 1.807) is 0 Å². The fourth-order valence-corrected chi connectivity index (χ4v) is 4.92. The number of nitro groups is 1. The summed E-state index contributed by atoms with van der Waals surface area (Å²) in [4.78, 5) is 27.1. The molecule has 1 aliphatic heterocycles. The van der Waals surface area contributed by atoms with Gasteiger partial charge in [0.1, 0.15) is 5.56 Å². The van der Waals surface area contributed by atoms with Crippen LogP contribution in [0.5, 0.6) is 0 Å². The molecule has 1 amide bonds. The first-order chi connectivity index (χ1) is 14.8. The number of halogens is 1. The molecule has 1 aromatic rings. The first-order valence-corrected chi connectivity index (χ1v) is 14.4. The van der Waals surface area contributed by atoms with Gasteiger partial charge in [0.05, 0.1) is 28.3 Å². The maximum absolute atomic E-state index is 13.2. The second kappa shape index (κ2) is 10.4. The van der Waals surface area contributed by atoms with E-state index < -0.39 is 41.4 Å². The highest BCUT2D eigenvalue weighted by Gasteiger charge is 2.33. The van der Waals surface area contributed by atoms with Crippen LogP contribution in [-0.4, -0.2) is 94.6 Å². The number of nitrogens with zero attached hydrogens (tertiary/aromatic N) is 4. The molecule has 0 bridgehead atoms. The lowest BCUT2D eigenvalue weighted by atomic mass is 10.1. The van der Waals surface area contributed by atoms with Gasteiger partial charge in [0.2, 0.25) is 0 Å². The summed E-state index contributed by atoms with van der Waals surface area (Å²) in [5, 5.41) is 12.7. The van der Waals surface area contributed by atoms with Crippen molar-refractivity contribution < 1.29 is 30.8 Å². The number of benzene rings is 1. The highest BCUT2D eigenvalue weighted by molar-refractivity contribution is 9.09. The molecule has 1 fully saturated rings. The summed E-state index contributed by atoms with van der Waals surface area (Å²) in [6.07, 6.45) is 1.60. The third kappa shape index (κ3) is 6.60. The van der Waals surface area contributed by atoms with E-state index in [-0.39, 0.29) is 23.1 Å². The van der Waals surface area contributed by atoms with Gasteiger partial charge in [-0.05, 0) is 12.6 Å². The van der Waals surface area contributed by atoms with Crippen LogP contribution in [0.4, 0.5) is 11.4 Å². The lowest BCUT2D eigenvalue weighted by Crippen LogP contribution is -2.48. The van der Waals surface area contributed by atoms with Gasteiger partial charge in [-0.15, -0.1) is 4.28 Å². The number of carbonyl (C=O) groups excluding carboxylic acids is 1. The average molecular weight is 557 g/mol. The maximum atomic E-state index is 13.2. The van der Waals surface area contributed by atoms with Gasteiger partial charge in [0.15, 0.2) is 9.84 Å². The monoisotopic (exact) mass is 556 g/mol. The van der Waals surface area contributed by atoms with Gasteiger partial charge >= 0.3 is 0 Å². The van der Waals surface area contributed by atoms with Crippen molar-refractivity contribution in [2.75, 3.05) is 62.2 Å². The van der Waals surface area contributed by atoms with Gasteiger partial charge in [0.25, 0.3) is 21.7 Å². The summed E-state index contributed by atoms with van der Waals surface area (Å²) in [5.74, 6) is -0.646. The fourth-order valence-electron chi connectivity index (χ4n) is 3.25. The molecule has 1 aliphatic rings. The quantitative estimate of drug-likeness (QED) is 0.243. The minimum atomic E-state index is -4.07. The Balaban J connectivity index is 2.67. The standard InChI is InChI=1S/C17H25BrN4O8S2/c1-4-19-7-9-20(10-8-19)17(23)13-11-15(21(6-5-18)30-32(3,28)29)16(31(2,26)27)12-14(13)22(24)25/h11-12H,4-10H2,1-3H3. The Morgan fingerprint density at radius 1 is 1.19 bits per heavy atom. The minimum Gasteiger partial charge on any atom is -0.336 e. The molecule has 15 heteroatoms. The maximum Gasteiger partial charge on any atom is 0.285 e. The van der Waals surface area contributed by atoms with Gasteiger partial charge in [-0.3, -0.25) is 14.9 Å². The summed E-state index contributed by atoms with van der Waals surface area (Å²) in [5.41, 5.74) is -1.31. The number of likely N-dealkylation sites (N-methyl/N-ethyl adjacent to an activating group) is 1. The normalized spacial score (nSPS) is 15.6. The van der Waals surface area contributed by atoms with Crippen molar-refractivity contribution in [3.8, 4) is 0 Å². The molecular weight excluding hydrogens is 532 g/mol.